The van der Waals surface area contributed by atoms with Gasteiger partial charge in [0, 0.05) is 6.04 Å². The zero-order valence-electron chi connectivity index (χ0n) is 12.0. The number of hydrogen-bond donors (Lipinski definition) is 1. The number of nitro groups is 1. The highest BCUT2D eigenvalue weighted by Gasteiger charge is 2.23. The van der Waals surface area contributed by atoms with Gasteiger partial charge in [0.05, 0.1) is 15.1 Å². The van der Waals surface area contributed by atoms with Gasteiger partial charge in [-0.2, -0.15) is 0 Å². The van der Waals surface area contributed by atoms with Gasteiger partial charge in [-0.1, -0.05) is 19.8 Å². The van der Waals surface area contributed by atoms with E-state index in [1.165, 1.54) is 30.6 Å². The Morgan fingerprint density at radius 1 is 1.33 bits per heavy atom. The number of nitrogens with zero attached hydrogens (tertiary/aromatic N) is 2. The standard InChI is InChI=1S/C15H19N3O2S/c1-10-3-2-4-11(6-5-10)17-12-7-8-13-14(16-9-21-13)15(12)18(19)20/h7-11,17H,2-6H2,1H3. The second kappa shape index (κ2) is 5.97. The lowest BCUT2D eigenvalue weighted by Crippen LogP contribution is -2.19. The summed E-state index contributed by atoms with van der Waals surface area (Å²) in [6, 6.07) is 4.07. The van der Waals surface area contributed by atoms with Crippen molar-refractivity contribution in [2.24, 2.45) is 5.92 Å². The van der Waals surface area contributed by atoms with E-state index >= 15 is 0 Å². The van der Waals surface area contributed by atoms with Crippen molar-refractivity contribution in [1.82, 2.24) is 4.98 Å². The van der Waals surface area contributed by atoms with Gasteiger partial charge in [0.2, 0.25) is 0 Å². The molecule has 1 aliphatic rings. The summed E-state index contributed by atoms with van der Waals surface area (Å²) >= 11 is 1.43. The van der Waals surface area contributed by atoms with E-state index in [4.69, 9.17) is 0 Å². The van der Waals surface area contributed by atoms with E-state index in [9.17, 15) is 10.1 Å². The molecule has 0 aliphatic heterocycles. The van der Waals surface area contributed by atoms with Crippen LogP contribution in [0.2, 0.25) is 0 Å². The van der Waals surface area contributed by atoms with Crippen molar-refractivity contribution in [3.05, 3.63) is 27.8 Å². The molecule has 21 heavy (non-hydrogen) atoms. The minimum absolute atomic E-state index is 0.117. The van der Waals surface area contributed by atoms with E-state index in [1.807, 2.05) is 12.1 Å². The van der Waals surface area contributed by atoms with Crippen molar-refractivity contribution in [1.29, 1.82) is 0 Å². The third-order valence-electron chi connectivity index (χ3n) is 4.28. The second-order valence-electron chi connectivity index (χ2n) is 5.87. The molecule has 1 heterocycles. The Morgan fingerprint density at radius 2 is 2.19 bits per heavy atom. The molecule has 112 valence electrons. The summed E-state index contributed by atoms with van der Waals surface area (Å²) in [6.45, 7) is 2.28. The summed E-state index contributed by atoms with van der Waals surface area (Å²) in [5, 5.41) is 14.8. The third-order valence-corrected chi connectivity index (χ3v) is 5.07. The maximum Gasteiger partial charge on any atom is 0.319 e. The summed E-state index contributed by atoms with van der Waals surface area (Å²) in [7, 11) is 0. The summed E-state index contributed by atoms with van der Waals surface area (Å²) in [5.74, 6) is 0.757. The van der Waals surface area contributed by atoms with E-state index in [2.05, 4.69) is 17.2 Å². The first-order valence-corrected chi connectivity index (χ1v) is 8.30. The van der Waals surface area contributed by atoms with Crippen LogP contribution in [0, 0.1) is 16.0 Å². The van der Waals surface area contributed by atoms with Crippen LogP contribution in [0.4, 0.5) is 11.4 Å². The van der Waals surface area contributed by atoms with Gasteiger partial charge in [-0.05, 0) is 37.3 Å². The highest BCUT2D eigenvalue weighted by atomic mass is 32.1. The first kappa shape index (κ1) is 14.3. The van der Waals surface area contributed by atoms with E-state index in [0.717, 1.165) is 23.5 Å². The number of thiazole rings is 1. The Morgan fingerprint density at radius 3 is 3.00 bits per heavy atom. The minimum atomic E-state index is -0.316. The number of nitro benzene ring substituents is 1. The van der Waals surface area contributed by atoms with Crippen molar-refractivity contribution >= 4 is 32.9 Å². The molecule has 6 heteroatoms. The van der Waals surface area contributed by atoms with Crippen LogP contribution in [0.25, 0.3) is 10.2 Å². The Labute approximate surface area is 127 Å². The molecule has 1 fully saturated rings. The lowest BCUT2D eigenvalue weighted by molar-refractivity contribution is -0.382. The molecule has 1 N–H and O–H groups in total. The molecule has 1 aromatic heterocycles. The monoisotopic (exact) mass is 305 g/mol. The fraction of sp³-hybridized carbons (Fsp3) is 0.533. The van der Waals surface area contributed by atoms with Gasteiger partial charge in [-0.15, -0.1) is 11.3 Å². The van der Waals surface area contributed by atoms with Crippen LogP contribution in [0.1, 0.15) is 39.0 Å². The fourth-order valence-corrected chi connectivity index (χ4v) is 3.75. The van der Waals surface area contributed by atoms with Crippen molar-refractivity contribution in [3.63, 3.8) is 0 Å². The Balaban J connectivity index is 1.89. The van der Waals surface area contributed by atoms with Gasteiger partial charge in [0.1, 0.15) is 5.69 Å². The first-order valence-electron chi connectivity index (χ1n) is 7.42. The van der Waals surface area contributed by atoms with E-state index < -0.39 is 0 Å². The summed E-state index contributed by atoms with van der Waals surface area (Å²) < 4.78 is 0.863. The van der Waals surface area contributed by atoms with Crippen LogP contribution < -0.4 is 5.32 Å². The van der Waals surface area contributed by atoms with Crippen LogP contribution in [0.5, 0.6) is 0 Å². The second-order valence-corrected chi connectivity index (χ2v) is 6.76. The molecule has 2 aromatic rings. The Hall–Kier alpha value is -1.69. The zero-order chi connectivity index (χ0) is 14.8. The van der Waals surface area contributed by atoms with Gasteiger partial charge in [0.15, 0.2) is 5.52 Å². The average Bonchev–Trinajstić information content (AvgIpc) is 2.82. The highest BCUT2D eigenvalue weighted by molar-refractivity contribution is 7.16. The number of nitrogens with one attached hydrogen (secondary N) is 1. The number of hydrogen-bond acceptors (Lipinski definition) is 5. The van der Waals surface area contributed by atoms with Crippen molar-refractivity contribution in [2.75, 3.05) is 5.32 Å². The van der Waals surface area contributed by atoms with Crippen molar-refractivity contribution in [2.45, 2.75) is 45.1 Å². The predicted octanol–water partition coefficient (Wildman–Crippen LogP) is 4.59. The summed E-state index contributed by atoms with van der Waals surface area (Å²) in [5.41, 5.74) is 2.88. The molecule has 1 aliphatic carbocycles. The molecule has 2 atom stereocenters. The molecule has 2 unspecified atom stereocenters. The fourth-order valence-electron chi connectivity index (χ4n) is 3.07. The number of rotatable bonds is 3. The summed E-state index contributed by atoms with van der Waals surface area (Å²) in [6.07, 6.45) is 5.78. The number of fused-ring (bicyclic) bond motifs is 1. The predicted molar refractivity (Wildman–Crippen MR) is 85.9 cm³/mol. The molecule has 0 saturated heterocycles. The van der Waals surface area contributed by atoms with Crippen LogP contribution in [-0.4, -0.2) is 15.9 Å². The van der Waals surface area contributed by atoms with Crippen LogP contribution in [0.15, 0.2) is 17.6 Å². The molecule has 3 rings (SSSR count). The highest BCUT2D eigenvalue weighted by Crippen LogP contribution is 2.36. The van der Waals surface area contributed by atoms with Crippen LogP contribution >= 0.6 is 11.3 Å². The molecule has 0 spiro atoms. The van der Waals surface area contributed by atoms with Gasteiger partial charge in [-0.25, -0.2) is 4.98 Å². The zero-order valence-corrected chi connectivity index (χ0v) is 12.9. The van der Waals surface area contributed by atoms with Crippen LogP contribution in [-0.2, 0) is 0 Å². The number of anilines is 1. The largest absolute Gasteiger partial charge is 0.377 e. The van der Waals surface area contributed by atoms with Crippen LogP contribution in [0.3, 0.4) is 0 Å². The molecular formula is C15H19N3O2S. The lowest BCUT2D eigenvalue weighted by atomic mass is 10.0. The normalized spacial score (nSPS) is 22.9. The number of aromatic nitrogens is 1. The molecular weight excluding hydrogens is 286 g/mol. The van der Waals surface area contributed by atoms with Gasteiger partial charge in [-0.3, -0.25) is 10.1 Å². The molecule has 1 aromatic carbocycles. The van der Waals surface area contributed by atoms with Gasteiger partial charge in [0.25, 0.3) is 0 Å². The quantitative estimate of drug-likeness (QED) is 0.512. The maximum atomic E-state index is 11.4. The van der Waals surface area contributed by atoms with E-state index in [0.29, 0.717) is 17.2 Å². The Kier molecular flexibility index (Phi) is 4.05. The van der Waals surface area contributed by atoms with Crippen molar-refractivity contribution in [3.8, 4) is 0 Å². The number of benzene rings is 1. The molecule has 0 bridgehead atoms. The molecule has 0 amide bonds. The van der Waals surface area contributed by atoms with Gasteiger partial charge < -0.3 is 5.32 Å². The molecule has 1 saturated carbocycles. The maximum absolute atomic E-state index is 11.4. The first-order chi connectivity index (χ1) is 10.1. The minimum Gasteiger partial charge on any atom is -0.377 e. The molecule has 5 nitrogen and oxygen atoms in total. The van der Waals surface area contributed by atoms with Crippen molar-refractivity contribution < 1.29 is 4.92 Å². The summed E-state index contributed by atoms with van der Waals surface area (Å²) in [4.78, 5) is 15.3. The molecule has 0 radical (unpaired) electrons. The smallest absolute Gasteiger partial charge is 0.319 e. The topological polar surface area (TPSA) is 68.1 Å². The van der Waals surface area contributed by atoms with E-state index in [-0.39, 0.29) is 10.6 Å². The van der Waals surface area contributed by atoms with Gasteiger partial charge >= 0.3 is 5.69 Å². The van der Waals surface area contributed by atoms with E-state index in [1.54, 1.807) is 5.51 Å². The SMILES string of the molecule is CC1CCCC(Nc2ccc3scnc3c2[N+](=O)[O-])CC1. The average molecular weight is 305 g/mol. The Bertz CT molecular complexity index is 655. The third kappa shape index (κ3) is 3.00. The lowest BCUT2D eigenvalue weighted by Gasteiger charge is -2.17.